The lowest BCUT2D eigenvalue weighted by molar-refractivity contribution is 0.351. The zero-order valence-corrected chi connectivity index (χ0v) is 10.9. The first-order chi connectivity index (χ1) is 8.16. The molecule has 1 unspecified atom stereocenters. The SMILES string of the molecule is CC(C)C1CCCN(c2ccnc(N)c2)CC1. The van der Waals surface area contributed by atoms with Crippen LogP contribution in [0.4, 0.5) is 11.5 Å². The van der Waals surface area contributed by atoms with Gasteiger partial charge in [-0.05, 0) is 37.2 Å². The van der Waals surface area contributed by atoms with Crippen LogP contribution < -0.4 is 10.6 Å². The predicted octanol–water partition coefficient (Wildman–Crippen LogP) is 2.93. The maximum atomic E-state index is 5.74. The topological polar surface area (TPSA) is 42.2 Å². The van der Waals surface area contributed by atoms with Crippen molar-refractivity contribution in [3.05, 3.63) is 18.3 Å². The summed E-state index contributed by atoms with van der Waals surface area (Å²) >= 11 is 0. The van der Waals surface area contributed by atoms with Crippen LogP contribution in [0.5, 0.6) is 0 Å². The third-order valence-electron chi connectivity index (χ3n) is 3.85. The van der Waals surface area contributed by atoms with Crippen molar-refractivity contribution in [2.75, 3.05) is 23.7 Å². The summed E-state index contributed by atoms with van der Waals surface area (Å²) in [5.74, 6) is 2.30. The van der Waals surface area contributed by atoms with E-state index in [9.17, 15) is 0 Å². The van der Waals surface area contributed by atoms with Crippen LogP contribution in [0.1, 0.15) is 33.1 Å². The Balaban J connectivity index is 2.04. The third kappa shape index (κ3) is 3.11. The second-order valence-electron chi connectivity index (χ2n) is 5.36. The molecule has 1 aliphatic heterocycles. The van der Waals surface area contributed by atoms with E-state index in [1.807, 2.05) is 6.07 Å². The fraction of sp³-hybridized carbons (Fsp3) is 0.643. The molecule has 0 aromatic carbocycles. The molecule has 1 fully saturated rings. The number of pyridine rings is 1. The number of hydrogen-bond donors (Lipinski definition) is 1. The molecule has 1 aromatic heterocycles. The zero-order chi connectivity index (χ0) is 12.3. The van der Waals surface area contributed by atoms with Crippen LogP contribution in [0.3, 0.4) is 0 Å². The summed E-state index contributed by atoms with van der Waals surface area (Å²) in [6.45, 7) is 6.97. The van der Waals surface area contributed by atoms with E-state index in [1.165, 1.54) is 24.9 Å². The lowest BCUT2D eigenvalue weighted by Crippen LogP contribution is -2.24. The number of nitrogens with zero attached hydrogens (tertiary/aromatic N) is 2. The van der Waals surface area contributed by atoms with Crippen molar-refractivity contribution in [2.24, 2.45) is 11.8 Å². The summed E-state index contributed by atoms with van der Waals surface area (Å²) in [6, 6.07) is 4.04. The van der Waals surface area contributed by atoms with Crippen molar-refractivity contribution in [2.45, 2.75) is 33.1 Å². The molecule has 0 spiro atoms. The number of aromatic nitrogens is 1. The average Bonchev–Trinajstić information content (AvgIpc) is 2.54. The molecular weight excluding hydrogens is 210 g/mol. The van der Waals surface area contributed by atoms with Crippen molar-refractivity contribution in [1.29, 1.82) is 0 Å². The van der Waals surface area contributed by atoms with Crippen molar-refractivity contribution in [3.8, 4) is 0 Å². The molecular formula is C14H23N3. The van der Waals surface area contributed by atoms with Crippen molar-refractivity contribution in [3.63, 3.8) is 0 Å². The summed E-state index contributed by atoms with van der Waals surface area (Å²) < 4.78 is 0. The highest BCUT2D eigenvalue weighted by Gasteiger charge is 2.19. The third-order valence-corrected chi connectivity index (χ3v) is 3.85. The Bertz CT molecular complexity index is 362. The fourth-order valence-corrected chi connectivity index (χ4v) is 2.68. The van der Waals surface area contributed by atoms with E-state index < -0.39 is 0 Å². The van der Waals surface area contributed by atoms with Gasteiger partial charge in [-0.3, -0.25) is 0 Å². The van der Waals surface area contributed by atoms with E-state index >= 15 is 0 Å². The van der Waals surface area contributed by atoms with E-state index in [4.69, 9.17) is 5.73 Å². The van der Waals surface area contributed by atoms with Crippen molar-refractivity contribution >= 4 is 11.5 Å². The van der Waals surface area contributed by atoms with Gasteiger partial charge in [0, 0.05) is 31.0 Å². The van der Waals surface area contributed by atoms with Crippen LogP contribution in [0.2, 0.25) is 0 Å². The molecule has 0 saturated carbocycles. The van der Waals surface area contributed by atoms with Gasteiger partial charge in [0.25, 0.3) is 0 Å². The van der Waals surface area contributed by atoms with E-state index in [2.05, 4.69) is 29.8 Å². The second kappa shape index (κ2) is 5.39. The lowest BCUT2D eigenvalue weighted by Gasteiger charge is -2.23. The minimum absolute atomic E-state index is 0.618. The second-order valence-corrected chi connectivity index (χ2v) is 5.36. The van der Waals surface area contributed by atoms with Crippen LogP contribution >= 0.6 is 0 Å². The first-order valence-corrected chi connectivity index (χ1v) is 6.63. The molecule has 0 aliphatic carbocycles. The molecule has 1 saturated heterocycles. The molecule has 1 atom stereocenters. The van der Waals surface area contributed by atoms with Crippen LogP contribution in [0.25, 0.3) is 0 Å². The van der Waals surface area contributed by atoms with Gasteiger partial charge in [0.05, 0.1) is 0 Å². The number of nitrogen functional groups attached to an aromatic ring is 1. The Morgan fingerprint density at radius 3 is 2.88 bits per heavy atom. The van der Waals surface area contributed by atoms with Gasteiger partial charge in [-0.1, -0.05) is 13.8 Å². The zero-order valence-electron chi connectivity index (χ0n) is 10.9. The first-order valence-electron chi connectivity index (χ1n) is 6.63. The van der Waals surface area contributed by atoms with Gasteiger partial charge in [-0.2, -0.15) is 0 Å². The summed E-state index contributed by atoms with van der Waals surface area (Å²) in [7, 11) is 0. The highest BCUT2D eigenvalue weighted by Crippen LogP contribution is 2.27. The van der Waals surface area contributed by atoms with Crippen LogP contribution in [0.15, 0.2) is 18.3 Å². The normalized spacial score (nSPS) is 21.6. The number of hydrogen-bond acceptors (Lipinski definition) is 3. The molecule has 1 aromatic rings. The van der Waals surface area contributed by atoms with Gasteiger partial charge in [0.2, 0.25) is 0 Å². The molecule has 1 aliphatic rings. The maximum Gasteiger partial charge on any atom is 0.125 e. The predicted molar refractivity (Wildman–Crippen MR) is 73.0 cm³/mol. The molecule has 3 heteroatoms. The molecule has 0 bridgehead atoms. The van der Waals surface area contributed by atoms with E-state index in [0.29, 0.717) is 5.82 Å². The largest absolute Gasteiger partial charge is 0.384 e. The number of rotatable bonds is 2. The van der Waals surface area contributed by atoms with Gasteiger partial charge >= 0.3 is 0 Å². The maximum absolute atomic E-state index is 5.74. The van der Waals surface area contributed by atoms with Crippen LogP contribution in [-0.4, -0.2) is 18.1 Å². The first kappa shape index (κ1) is 12.2. The van der Waals surface area contributed by atoms with Crippen LogP contribution in [-0.2, 0) is 0 Å². The van der Waals surface area contributed by atoms with Gasteiger partial charge in [0.1, 0.15) is 5.82 Å². The molecule has 2 heterocycles. The Morgan fingerprint density at radius 1 is 1.35 bits per heavy atom. The minimum Gasteiger partial charge on any atom is -0.384 e. The van der Waals surface area contributed by atoms with Crippen LogP contribution in [0, 0.1) is 11.8 Å². The quantitative estimate of drug-likeness (QED) is 0.854. The average molecular weight is 233 g/mol. The lowest BCUT2D eigenvalue weighted by atomic mass is 9.89. The Kier molecular flexibility index (Phi) is 3.87. The fourth-order valence-electron chi connectivity index (χ4n) is 2.68. The molecule has 2 N–H and O–H groups in total. The van der Waals surface area contributed by atoms with Crippen molar-refractivity contribution in [1.82, 2.24) is 4.98 Å². The summed E-state index contributed by atoms with van der Waals surface area (Å²) in [5, 5.41) is 0. The molecule has 17 heavy (non-hydrogen) atoms. The number of nitrogens with two attached hydrogens (primary N) is 1. The van der Waals surface area contributed by atoms with E-state index in [-0.39, 0.29) is 0 Å². The van der Waals surface area contributed by atoms with Gasteiger partial charge in [-0.15, -0.1) is 0 Å². The summed E-state index contributed by atoms with van der Waals surface area (Å²) in [4.78, 5) is 6.50. The molecule has 0 amide bonds. The molecule has 3 nitrogen and oxygen atoms in total. The Morgan fingerprint density at radius 2 is 2.18 bits per heavy atom. The molecule has 2 rings (SSSR count). The van der Waals surface area contributed by atoms with Crippen molar-refractivity contribution < 1.29 is 0 Å². The molecule has 94 valence electrons. The molecule has 0 radical (unpaired) electrons. The number of anilines is 2. The summed E-state index contributed by atoms with van der Waals surface area (Å²) in [6.07, 6.45) is 5.73. The van der Waals surface area contributed by atoms with E-state index in [0.717, 1.165) is 24.9 Å². The smallest absolute Gasteiger partial charge is 0.125 e. The highest BCUT2D eigenvalue weighted by atomic mass is 15.1. The Labute approximate surface area is 104 Å². The van der Waals surface area contributed by atoms with Gasteiger partial charge in [-0.25, -0.2) is 4.98 Å². The monoisotopic (exact) mass is 233 g/mol. The van der Waals surface area contributed by atoms with Gasteiger partial charge in [0.15, 0.2) is 0 Å². The Hall–Kier alpha value is -1.25. The highest BCUT2D eigenvalue weighted by molar-refractivity contribution is 5.52. The van der Waals surface area contributed by atoms with Gasteiger partial charge < -0.3 is 10.6 Å². The summed E-state index contributed by atoms with van der Waals surface area (Å²) in [5.41, 5.74) is 6.97. The van der Waals surface area contributed by atoms with E-state index in [1.54, 1.807) is 6.20 Å². The standard InChI is InChI=1S/C14H23N3/c1-11(2)12-4-3-8-17(9-6-12)13-5-7-16-14(15)10-13/h5,7,10-12H,3-4,6,8-9H2,1-2H3,(H2,15,16). The minimum atomic E-state index is 0.618.